The van der Waals surface area contributed by atoms with Crippen molar-refractivity contribution in [1.82, 2.24) is 4.57 Å². The molecule has 158 valence electrons. The van der Waals surface area contributed by atoms with Gasteiger partial charge >= 0.3 is 0 Å². The molecule has 1 aliphatic carbocycles. The summed E-state index contributed by atoms with van der Waals surface area (Å²) >= 11 is 0. The Balaban J connectivity index is 2.11. The fourth-order valence-corrected chi connectivity index (χ4v) is 4.91. The van der Waals surface area contributed by atoms with Crippen molar-refractivity contribution >= 4 is 27.2 Å². The Morgan fingerprint density at radius 3 is 2.48 bits per heavy atom. The molecule has 1 aromatic carbocycles. The lowest BCUT2D eigenvalue weighted by molar-refractivity contribution is 0.479. The van der Waals surface area contributed by atoms with E-state index in [1.54, 1.807) is 32.2 Å². The summed E-state index contributed by atoms with van der Waals surface area (Å²) in [7, 11) is -2.03. The number of benzene rings is 1. The van der Waals surface area contributed by atoms with E-state index in [0.717, 1.165) is 18.4 Å². The number of aromatic nitrogens is 1. The minimum absolute atomic E-state index is 0.0363. The predicted octanol–water partition coefficient (Wildman–Crippen LogP) is 4.38. The van der Waals surface area contributed by atoms with E-state index in [1.807, 2.05) is 13.8 Å². The van der Waals surface area contributed by atoms with E-state index in [4.69, 9.17) is 0 Å². The van der Waals surface area contributed by atoms with Crippen LogP contribution in [-0.2, 0) is 17.1 Å². The fraction of sp³-hybridized carbons (Fsp3) is 0.476. The third-order valence-corrected chi connectivity index (χ3v) is 7.56. The first-order valence-electron chi connectivity index (χ1n) is 9.92. The van der Waals surface area contributed by atoms with Crippen LogP contribution < -0.4 is 15.6 Å². The Labute approximate surface area is 171 Å². The normalized spacial score (nSPS) is 15.6. The van der Waals surface area contributed by atoms with Gasteiger partial charge in [-0.25, -0.2) is 12.8 Å². The molecule has 29 heavy (non-hydrogen) atoms. The van der Waals surface area contributed by atoms with E-state index in [-0.39, 0.29) is 28.7 Å². The molecule has 0 saturated heterocycles. The van der Waals surface area contributed by atoms with Gasteiger partial charge in [-0.05, 0) is 55.9 Å². The number of anilines is 3. The van der Waals surface area contributed by atoms with E-state index in [9.17, 15) is 17.6 Å². The average Bonchev–Trinajstić information content (AvgIpc) is 2.60. The molecule has 1 heterocycles. The van der Waals surface area contributed by atoms with Crippen LogP contribution in [0.1, 0.15) is 56.6 Å². The van der Waals surface area contributed by atoms with Gasteiger partial charge in [0.15, 0.2) is 0 Å². The van der Waals surface area contributed by atoms with E-state index < -0.39 is 21.1 Å². The van der Waals surface area contributed by atoms with Crippen LogP contribution in [0.5, 0.6) is 0 Å². The first-order chi connectivity index (χ1) is 13.6. The van der Waals surface area contributed by atoms with Crippen LogP contribution in [0.15, 0.2) is 29.1 Å². The monoisotopic (exact) mass is 421 g/mol. The molecule has 3 rings (SSSR count). The molecular formula is C21H28FN3O3S. The Kier molecular flexibility index (Phi) is 6.03. The summed E-state index contributed by atoms with van der Waals surface area (Å²) < 4.78 is 43.9. The molecule has 1 fully saturated rings. The Bertz CT molecular complexity index is 1080. The maximum atomic E-state index is 14.4. The number of sulfonamides is 1. The first-order valence-corrected chi connectivity index (χ1v) is 11.5. The number of halogens is 1. The van der Waals surface area contributed by atoms with Gasteiger partial charge in [-0.15, -0.1) is 0 Å². The van der Waals surface area contributed by atoms with Crippen molar-refractivity contribution in [2.45, 2.75) is 57.6 Å². The van der Waals surface area contributed by atoms with Crippen LogP contribution in [0, 0.1) is 12.7 Å². The van der Waals surface area contributed by atoms with Crippen molar-refractivity contribution in [3.8, 4) is 0 Å². The van der Waals surface area contributed by atoms with Gasteiger partial charge in [0.05, 0.1) is 16.6 Å². The fourth-order valence-electron chi connectivity index (χ4n) is 3.33. The highest BCUT2D eigenvalue weighted by Gasteiger charge is 2.32. The van der Waals surface area contributed by atoms with Gasteiger partial charge in [-0.3, -0.25) is 14.1 Å². The Morgan fingerprint density at radius 2 is 1.93 bits per heavy atom. The molecule has 6 nitrogen and oxygen atoms in total. The van der Waals surface area contributed by atoms with Crippen molar-refractivity contribution in [1.29, 1.82) is 0 Å². The zero-order chi connectivity index (χ0) is 21.3. The van der Waals surface area contributed by atoms with Gasteiger partial charge in [0.1, 0.15) is 11.6 Å². The second-order valence-electron chi connectivity index (χ2n) is 7.84. The Hall–Kier alpha value is -2.35. The minimum Gasteiger partial charge on any atom is -0.337 e. The van der Waals surface area contributed by atoms with Crippen molar-refractivity contribution in [2.75, 3.05) is 10.0 Å². The highest BCUT2D eigenvalue weighted by Crippen LogP contribution is 2.33. The van der Waals surface area contributed by atoms with Crippen molar-refractivity contribution < 1.29 is 12.8 Å². The lowest BCUT2D eigenvalue weighted by Gasteiger charge is -2.27. The molecule has 0 spiro atoms. The largest absolute Gasteiger partial charge is 0.337 e. The average molecular weight is 422 g/mol. The maximum absolute atomic E-state index is 14.4. The predicted molar refractivity (Wildman–Crippen MR) is 115 cm³/mol. The summed E-state index contributed by atoms with van der Waals surface area (Å²) in [5.74, 6) is -0.297. The van der Waals surface area contributed by atoms with Crippen LogP contribution in [0.2, 0.25) is 0 Å². The molecule has 1 saturated carbocycles. The van der Waals surface area contributed by atoms with Gasteiger partial charge in [0.25, 0.3) is 5.56 Å². The molecule has 0 bridgehead atoms. The van der Waals surface area contributed by atoms with Gasteiger partial charge in [-0.1, -0.05) is 26.3 Å². The topological polar surface area (TPSA) is 80.2 Å². The number of nitrogens with zero attached hydrogens (tertiary/aromatic N) is 1. The minimum atomic E-state index is -3.59. The van der Waals surface area contributed by atoms with Gasteiger partial charge in [-0.2, -0.15) is 0 Å². The number of pyridine rings is 1. The third kappa shape index (κ3) is 4.32. The SMILES string of the molecule is CCC(C)c1cc(NS(=O)(=O)C2CCC2)c(Nc2ccc(C)cc2F)n(C)c1=O. The zero-order valence-electron chi connectivity index (χ0n) is 17.3. The van der Waals surface area contributed by atoms with Gasteiger partial charge < -0.3 is 5.32 Å². The quantitative estimate of drug-likeness (QED) is 0.695. The summed E-state index contributed by atoms with van der Waals surface area (Å²) in [6.45, 7) is 5.67. The van der Waals surface area contributed by atoms with E-state index in [1.165, 1.54) is 10.6 Å². The number of rotatable bonds is 7. The number of hydrogen-bond donors (Lipinski definition) is 2. The summed E-state index contributed by atoms with van der Waals surface area (Å²) in [4.78, 5) is 12.9. The molecule has 2 N–H and O–H groups in total. The number of hydrogen-bond acceptors (Lipinski definition) is 4. The van der Waals surface area contributed by atoms with Crippen LogP contribution in [0.4, 0.5) is 21.6 Å². The molecule has 1 atom stereocenters. The highest BCUT2D eigenvalue weighted by molar-refractivity contribution is 7.93. The Morgan fingerprint density at radius 1 is 1.24 bits per heavy atom. The lowest BCUT2D eigenvalue weighted by Crippen LogP contribution is -2.34. The first kappa shape index (κ1) is 21.4. The second-order valence-corrected chi connectivity index (χ2v) is 9.80. The van der Waals surface area contributed by atoms with Crippen LogP contribution in [0.25, 0.3) is 0 Å². The lowest BCUT2D eigenvalue weighted by atomic mass is 9.99. The summed E-state index contributed by atoms with van der Waals surface area (Å²) in [5, 5.41) is 2.49. The third-order valence-electron chi connectivity index (χ3n) is 5.71. The standard InChI is InChI=1S/C21H28FN3O3S/c1-5-14(3)16-12-19(24-29(27,28)15-7-6-8-15)20(25(4)21(16)26)23-18-10-9-13(2)11-17(18)22/h9-12,14-15,23-24H,5-8H2,1-4H3. The molecule has 2 aromatic rings. The number of aryl methyl sites for hydroxylation is 1. The van der Waals surface area contributed by atoms with Crippen LogP contribution >= 0.6 is 0 Å². The summed E-state index contributed by atoms with van der Waals surface area (Å²) in [6, 6.07) is 6.28. The second kappa shape index (κ2) is 8.18. The molecule has 0 aliphatic heterocycles. The molecular weight excluding hydrogens is 393 g/mol. The van der Waals surface area contributed by atoms with Crippen LogP contribution in [-0.4, -0.2) is 18.2 Å². The van der Waals surface area contributed by atoms with Crippen molar-refractivity contribution in [3.05, 3.63) is 51.6 Å². The number of nitrogens with one attached hydrogen (secondary N) is 2. The summed E-state index contributed by atoms with van der Waals surface area (Å²) in [6.07, 6.45) is 2.86. The van der Waals surface area contributed by atoms with Crippen LogP contribution in [0.3, 0.4) is 0 Å². The molecule has 8 heteroatoms. The molecule has 0 radical (unpaired) electrons. The highest BCUT2D eigenvalue weighted by atomic mass is 32.2. The molecule has 1 unspecified atom stereocenters. The smallest absolute Gasteiger partial charge is 0.255 e. The molecule has 0 amide bonds. The van der Waals surface area contributed by atoms with Crippen molar-refractivity contribution in [2.24, 2.45) is 7.05 Å². The van der Waals surface area contributed by atoms with E-state index >= 15 is 0 Å². The van der Waals surface area contributed by atoms with E-state index in [2.05, 4.69) is 10.0 Å². The summed E-state index contributed by atoms with van der Waals surface area (Å²) in [5.41, 5.74) is 1.48. The maximum Gasteiger partial charge on any atom is 0.255 e. The van der Waals surface area contributed by atoms with Gasteiger partial charge in [0.2, 0.25) is 10.0 Å². The van der Waals surface area contributed by atoms with Crippen molar-refractivity contribution in [3.63, 3.8) is 0 Å². The zero-order valence-corrected chi connectivity index (χ0v) is 18.1. The molecule has 1 aromatic heterocycles. The van der Waals surface area contributed by atoms with Gasteiger partial charge in [0, 0.05) is 12.6 Å². The van der Waals surface area contributed by atoms with E-state index in [0.29, 0.717) is 18.4 Å². The molecule has 1 aliphatic rings.